The maximum absolute atomic E-state index is 13.1. The zero-order valence-electron chi connectivity index (χ0n) is 18.0. The number of primary amides is 1. The maximum Gasteiger partial charge on any atom is 0.262 e. The summed E-state index contributed by atoms with van der Waals surface area (Å²) in [5, 5.41) is 2.70. The molecule has 3 aromatic rings. The third kappa shape index (κ3) is 5.22. The largest absolute Gasteiger partial charge is 0.482 e. The molecule has 0 fully saturated rings. The molecule has 0 aromatic heterocycles. The van der Waals surface area contributed by atoms with Crippen LogP contribution in [-0.4, -0.2) is 37.7 Å². The first kappa shape index (κ1) is 23.7. The Balaban J connectivity index is 1.39. The number of fused-ring (bicyclic) bond motifs is 1. The number of carbonyl (C=O) groups excluding carboxylic acids is 2. The van der Waals surface area contributed by atoms with Crippen LogP contribution in [0.2, 0.25) is 5.02 Å². The van der Waals surface area contributed by atoms with Gasteiger partial charge in [0, 0.05) is 24.3 Å². The van der Waals surface area contributed by atoms with Crippen molar-refractivity contribution in [2.24, 2.45) is 5.73 Å². The van der Waals surface area contributed by atoms with Crippen molar-refractivity contribution >= 4 is 39.1 Å². The molecule has 0 aliphatic carbocycles. The molecule has 176 valence electrons. The molecule has 1 aliphatic rings. The molecule has 0 radical (unpaired) electrons. The fraction of sp³-hybridized carbons (Fsp3) is 0.167. The molecule has 8 nitrogen and oxygen atoms in total. The predicted molar refractivity (Wildman–Crippen MR) is 128 cm³/mol. The monoisotopic (exact) mass is 499 g/mol. The van der Waals surface area contributed by atoms with Crippen LogP contribution in [0.3, 0.4) is 0 Å². The van der Waals surface area contributed by atoms with Crippen LogP contribution in [0.4, 0.5) is 5.69 Å². The Morgan fingerprint density at radius 3 is 2.41 bits per heavy atom. The Bertz CT molecular complexity index is 1340. The molecular weight excluding hydrogens is 478 g/mol. The standard InChI is InChI=1S/C24H22ClN3O5S/c25-21-13-20(34(31,32)28-12-11-16-3-1-2-4-18(16)14-28)9-10-22(21)33-15-23(29)27-19-7-5-17(6-8-19)24(26)30/h1-10,13H,11-12,14-15H2,(H2,26,30)(H,27,29). The van der Waals surface area contributed by atoms with E-state index in [1.807, 2.05) is 24.3 Å². The molecule has 0 saturated carbocycles. The summed E-state index contributed by atoms with van der Waals surface area (Å²) in [5.74, 6) is -0.832. The molecule has 2 amide bonds. The van der Waals surface area contributed by atoms with Crippen molar-refractivity contribution in [3.8, 4) is 5.75 Å². The second-order valence-electron chi connectivity index (χ2n) is 7.73. The summed E-state index contributed by atoms with van der Waals surface area (Å²) in [7, 11) is -3.74. The second kappa shape index (κ2) is 9.84. The fourth-order valence-corrected chi connectivity index (χ4v) is 5.39. The van der Waals surface area contributed by atoms with Crippen molar-refractivity contribution in [1.29, 1.82) is 0 Å². The van der Waals surface area contributed by atoms with Gasteiger partial charge in [-0.2, -0.15) is 4.31 Å². The molecule has 0 atom stereocenters. The number of ether oxygens (including phenoxy) is 1. The van der Waals surface area contributed by atoms with Crippen molar-refractivity contribution in [1.82, 2.24) is 4.31 Å². The fourth-order valence-electron chi connectivity index (χ4n) is 3.64. The summed E-state index contributed by atoms with van der Waals surface area (Å²) < 4.78 is 33.2. The lowest BCUT2D eigenvalue weighted by Crippen LogP contribution is -2.35. The van der Waals surface area contributed by atoms with Crippen LogP contribution in [0.25, 0.3) is 0 Å². The smallest absolute Gasteiger partial charge is 0.262 e. The van der Waals surface area contributed by atoms with Gasteiger partial charge in [-0.05, 0) is 60.0 Å². The van der Waals surface area contributed by atoms with Crippen LogP contribution in [0.5, 0.6) is 5.75 Å². The Hall–Kier alpha value is -3.40. The Morgan fingerprint density at radius 1 is 1.03 bits per heavy atom. The number of amides is 2. The lowest BCUT2D eigenvalue weighted by atomic mass is 10.0. The maximum atomic E-state index is 13.1. The Morgan fingerprint density at radius 2 is 1.74 bits per heavy atom. The number of nitrogens with zero attached hydrogens (tertiary/aromatic N) is 1. The number of nitrogens with one attached hydrogen (secondary N) is 1. The van der Waals surface area contributed by atoms with Gasteiger partial charge < -0.3 is 15.8 Å². The molecule has 1 heterocycles. The molecule has 0 unspecified atom stereocenters. The van der Waals surface area contributed by atoms with Crippen LogP contribution >= 0.6 is 11.6 Å². The summed E-state index contributed by atoms with van der Waals surface area (Å²) in [4.78, 5) is 23.3. The number of nitrogens with two attached hydrogens (primary N) is 1. The van der Waals surface area contributed by atoms with Gasteiger partial charge in [0.2, 0.25) is 15.9 Å². The van der Waals surface area contributed by atoms with Crippen LogP contribution in [0.15, 0.2) is 71.6 Å². The minimum absolute atomic E-state index is 0.0585. The summed E-state index contributed by atoms with van der Waals surface area (Å²) in [5.41, 5.74) is 8.12. The molecule has 0 bridgehead atoms. The second-order valence-corrected chi connectivity index (χ2v) is 10.1. The van der Waals surface area contributed by atoms with E-state index in [-0.39, 0.29) is 22.3 Å². The van der Waals surface area contributed by atoms with E-state index in [0.29, 0.717) is 30.8 Å². The number of sulfonamides is 1. The molecule has 0 spiro atoms. The van der Waals surface area contributed by atoms with Crippen LogP contribution in [0.1, 0.15) is 21.5 Å². The van der Waals surface area contributed by atoms with Gasteiger partial charge in [0.1, 0.15) is 5.75 Å². The van der Waals surface area contributed by atoms with Gasteiger partial charge in [-0.1, -0.05) is 35.9 Å². The molecule has 4 rings (SSSR count). The molecule has 3 aromatic carbocycles. The highest BCUT2D eigenvalue weighted by Crippen LogP contribution is 2.31. The van der Waals surface area contributed by atoms with Crippen molar-refractivity contribution in [2.45, 2.75) is 17.9 Å². The van der Waals surface area contributed by atoms with E-state index in [1.54, 1.807) is 12.1 Å². The Kier molecular flexibility index (Phi) is 6.87. The SMILES string of the molecule is NC(=O)c1ccc(NC(=O)COc2ccc(S(=O)(=O)N3CCc4ccccc4C3)cc2Cl)cc1. The first-order chi connectivity index (χ1) is 16.2. The first-order valence-electron chi connectivity index (χ1n) is 10.4. The van der Waals surface area contributed by atoms with Gasteiger partial charge in [-0.25, -0.2) is 8.42 Å². The molecule has 34 heavy (non-hydrogen) atoms. The van der Waals surface area contributed by atoms with E-state index in [9.17, 15) is 18.0 Å². The average molecular weight is 500 g/mol. The predicted octanol–water partition coefficient (Wildman–Crippen LogP) is 3.20. The van der Waals surface area contributed by atoms with Crippen molar-refractivity contribution in [2.75, 3.05) is 18.5 Å². The van der Waals surface area contributed by atoms with Gasteiger partial charge >= 0.3 is 0 Å². The molecule has 1 aliphatic heterocycles. The number of carbonyl (C=O) groups is 2. The van der Waals surface area contributed by atoms with E-state index in [4.69, 9.17) is 22.1 Å². The summed E-state index contributed by atoms with van der Waals surface area (Å²) in [6, 6.07) is 18.0. The van der Waals surface area contributed by atoms with Crippen LogP contribution in [-0.2, 0) is 27.8 Å². The zero-order valence-corrected chi connectivity index (χ0v) is 19.6. The average Bonchev–Trinajstić information content (AvgIpc) is 2.83. The zero-order chi connectivity index (χ0) is 24.3. The number of hydrogen-bond donors (Lipinski definition) is 2. The van der Waals surface area contributed by atoms with E-state index < -0.39 is 21.8 Å². The molecule has 0 saturated heterocycles. The van der Waals surface area contributed by atoms with Gasteiger partial charge in [0.05, 0.1) is 9.92 Å². The number of halogens is 1. The molecular formula is C24H22ClN3O5S. The highest BCUT2D eigenvalue weighted by molar-refractivity contribution is 7.89. The van der Waals surface area contributed by atoms with E-state index in [0.717, 1.165) is 11.1 Å². The Labute approximate surface area is 202 Å². The van der Waals surface area contributed by atoms with Crippen LogP contribution in [0, 0.1) is 0 Å². The quantitative estimate of drug-likeness (QED) is 0.517. The number of anilines is 1. The lowest BCUT2D eigenvalue weighted by Gasteiger charge is -2.28. The molecule has 10 heteroatoms. The normalized spacial score (nSPS) is 13.7. The first-order valence-corrected chi connectivity index (χ1v) is 12.2. The minimum Gasteiger partial charge on any atom is -0.482 e. The summed E-state index contributed by atoms with van der Waals surface area (Å²) >= 11 is 6.26. The summed E-state index contributed by atoms with van der Waals surface area (Å²) in [6.07, 6.45) is 0.644. The van der Waals surface area contributed by atoms with Gasteiger partial charge in [-0.15, -0.1) is 0 Å². The third-order valence-electron chi connectivity index (χ3n) is 5.45. The van der Waals surface area contributed by atoms with E-state index >= 15 is 0 Å². The van der Waals surface area contributed by atoms with Gasteiger partial charge in [-0.3, -0.25) is 9.59 Å². The topological polar surface area (TPSA) is 119 Å². The third-order valence-corrected chi connectivity index (χ3v) is 7.59. The highest BCUT2D eigenvalue weighted by atomic mass is 35.5. The van der Waals surface area contributed by atoms with Crippen molar-refractivity contribution in [3.63, 3.8) is 0 Å². The van der Waals surface area contributed by atoms with E-state index in [1.165, 1.54) is 34.6 Å². The van der Waals surface area contributed by atoms with Crippen molar-refractivity contribution < 1.29 is 22.7 Å². The van der Waals surface area contributed by atoms with Gasteiger partial charge in [0.15, 0.2) is 6.61 Å². The lowest BCUT2D eigenvalue weighted by molar-refractivity contribution is -0.118. The minimum atomic E-state index is -3.74. The number of benzene rings is 3. The summed E-state index contributed by atoms with van der Waals surface area (Å²) in [6.45, 7) is 0.344. The molecule has 3 N–H and O–H groups in total. The number of hydrogen-bond acceptors (Lipinski definition) is 5. The van der Waals surface area contributed by atoms with Crippen molar-refractivity contribution in [3.05, 3.63) is 88.4 Å². The van der Waals surface area contributed by atoms with E-state index in [2.05, 4.69) is 5.32 Å². The van der Waals surface area contributed by atoms with Crippen LogP contribution < -0.4 is 15.8 Å². The number of rotatable bonds is 7. The highest BCUT2D eigenvalue weighted by Gasteiger charge is 2.28. The van der Waals surface area contributed by atoms with Gasteiger partial charge in [0.25, 0.3) is 5.91 Å².